The highest BCUT2D eigenvalue weighted by atomic mass is 16.1. The van der Waals surface area contributed by atoms with Gasteiger partial charge in [0.05, 0.1) is 6.04 Å². The lowest BCUT2D eigenvalue weighted by molar-refractivity contribution is -0.121. The molecule has 13 heavy (non-hydrogen) atoms. The largest absolute Gasteiger partial charge is 0.315 e. The zero-order valence-corrected chi connectivity index (χ0v) is 8.42. The van der Waals surface area contributed by atoms with Crippen molar-refractivity contribution in [1.82, 2.24) is 10.2 Å². The monoisotopic (exact) mass is 182 g/mol. The van der Waals surface area contributed by atoms with Gasteiger partial charge in [0, 0.05) is 12.6 Å². The molecule has 0 radical (unpaired) electrons. The number of nitrogens with one attached hydrogen (secondary N) is 1. The molecule has 2 aliphatic heterocycles. The first kappa shape index (κ1) is 9.16. The first-order valence-corrected chi connectivity index (χ1v) is 5.13. The molecule has 2 fully saturated rings. The number of likely N-dealkylation sites (N-methyl/N-ethyl adjacent to an activating group) is 1. The van der Waals surface area contributed by atoms with Gasteiger partial charge >= 0.3 is 0 Å². The van der Waals surface area contributed by atoms with E-state index in [0.717, 1.165) is 25.4 Å². The smallest absolute Gasteiger partial charge is 0.146 e. The lowest BCUT2D eigenvalue weighted by Crippen LogP contribution is -2.46. The quantitative estimate of drug-likeness (QED) is 0.631. The first-order chi connectivity index (χ1) is 6.20. The van der Waals surface area contributed by atoms with Gasteiger partial charge in [0.25, 0.3) is 0 Å². The fraction of sp³-hybridized carbons (Fsp3) is 0.900. The Hall–Kier alpha value is -0.410. The van der Waals surface area contributed by atoms with Crippen LogP contribution in [0.5, 0.6) is 0 Å². The van der Waals surface area contributed by atoms with E-state index >= 15 is 0 Å². The molecular formula is C10H18N2O. The Morgan fingerprint density at radius 3 is 2.92 bits per heavy atom. The predicted octanol–water partition coefficient (Wildman–Crippen LogP) is 0.258. The summed E-state index contributed by atoms with van der Waals surface area (Å²) in [6, 6.07) is 0.789. The minimum atomic E-state index is 0.190. The van der Waals surface area contributed by atoms with E-state index in [0.29, 0.717) is 11.8 Å². The summed E-state index contributed by atoms with van der Waals surface area (Å²) in [6.07, 6.45) is 2.32. The summed E-state index contributed by atoms with van der Waals surface area (Å²) in [5.74, 6) is 1.08. The van der Waals surface area contributed by atoms with E-state index in [4.69, 9.17) is 0 Å². The normalized spacial score (nSPS) is 40.3. The molecule has 3 atom stereocenters. The number of carbonyl (C=O) groups excluding carboxylic acids is 1. The average molecular weight is 182 g/mol. The highest BCUT2D eigenvalue weighted by Gasteiger charge is 2.41. The Labute approximate surface area is 79.5 Å². The van der Waals surface area contributed by atoms with Gasteiger partial charge in [-0.3, -0.25) is 9.69 Å². The molecule has 3 unspecified atom stereocenters. The van der Waals surface area contributed by atoms with E-state index in [2.05, 4.69) is 17.3 Å². The van der Waals surface area contributed by atoms with Crippen molar-refractivity contribution in [1.29, 1.82) is 0 Å². The third kappa shape index (κ3) is 1.51. The van der Waals surface area contributed by atoms with E-state index < -0.39 is 0 Å². The first-order valence-electron chi connectivity index (χ1n) is 5.13. The summed E-state index contributed by atoms with van der Waals surface area (Å²) < 4.78 is 0. The van der Waals surface area contributed by atoms with Gasteiger partial charge in [0.15, 0.2) is 0 Å². The van der Waals surface area contributed by atoms with Gasteiger partial charge in [-0.2, -0.15) is 0 Å². The van der Waals surface area contributed by atoms with Crippen LogP contribution in [0.2, 0.25) is 0 Å². The average Bonchev–Trinajstić information content (AvgIpc) is 2.45. The van der Waals surface area contributed by atoms with Crippen LogP contribution in [0, 0.1) is 5.92 Å². The molecule has 74 valence electrons. The number of Topliss-reactive ketones (excluding diaryl/α,β-unsaturated/α-hetero) is 1. The number of hydrogen-bond donors (Lipinski definition) is 1. The number of nitrogens with zero attached hydrogens (tertiary/aromatic N) is 1. The van der Waals surface area contributed by atoms with Crippen LogP contribution in [0.3, 0.4) is 0 Å². The minimum Gasteiger partial charge on any atom is -0.315 e. The molecular weight excluding hydrogens is 164 g/mol. The Kier molecular flexibility index (Phi) is 2.39. The van der Waals surface area contributed by atoms with Gasteiger partial charge < -0.3 is 5.32 Å². The lowest BCUT2D eigenvalue weighted by Gasteiger charge is -2.30. The topological polar surface area (TPSA) is 32.3 Å². The van der Waals surface area contributed by atoms with E-state index in [1.54, 1.807) is 6.92 Å². The summed E-state index contributed by atoms with van der Waals surface area (Å²) in [5.41, 5.74) is 0. The highest BCUT2D eigenvalue weighted by molar-refractivity contribution is 5.81. The van der Waals surface area contributed by atoms with Crippen molar-refractivity contribution >= 4 is 5.78 Å². The standard InChI is InChI=1S/C10H18N2O/c1-7(13)9-5-8-3-4-11-6-10(8)12(9)2/h8-11H,3-6H2,1-2H3. The number of piperidine rings is 1. The number of fused-ring (bicyclic) bond motifs is 1. The van der Waals surface area contributed by atoms with Gasteiger partial charge in [-0.15, -0.1) is 0 Å². The van der Waals surface area contributed by atoms with Gasteiger partial charge in [0.2, 0.25) is 0 Å². The maximum absolute atomic E-state index is 11.3. The van der Waals surface area contributed by atoms with Crippen molar-refractivity contribution in [2.75, 3.05) is 20.1 Å². The lowest BCUT2D eigenvalue weighted by atomic mass is 9.92. The molecule has 2 aliphatic rings. The Bertz CT molecular complexity index is 217. The van der Waals surface area contributed by atoms with Crippen LogP contribution in [-0.4, -0.2) is 42.9 Å². The van der Waals surface area contributed by atoms with Gasteiger partial charge in [-0.1, -0.05) is 0 Å². The van der Waals surface area contributed by atoms with E-state index in [-0.39, 0.29) is 6.04 Å². The third-order valence-corrected chi connectivity index (χ3v) is 3.60. The summed E-state index contributed by atoms with van der Waals surface area (Å²) in [6.45, 7) is 3.90. The Balaban J connectivity index is 2.09. The number of carbonyl (C=O) groups is 1. The minimum absolute atomic E-state index is 0.190. The molecule has 2 heterocycles. The summed E-state index contributed by atoms with van der Waals surface area (Å²) >= 11 is 0. The second-order valence-corrected chi connectivity index (χ2v) is 4.35. The fourth-order valence-electron chi connectivity index (χ4n) is 2.78. The molecule has 2 saturated heterocycles. The maximum atomic E-state index is 11.3. The summed E-state index contributed by atoms with van der Waals surface area (Å²) in [7, 11) is 2.09. The van der Waals surface area contributed by atoms with Crippen LogP contribution in [0.1, 0.15) is 19.8 Å². The molecule has 2 rings (SSSR count). The van der Waals surface area contributed by atoms with Crippen molar-refractivity contribution in [3.05, 3.63) is 0 Å². The van der Waals surface area contributed by atoms with Crippen molar-refractivity contribution in [3.8, 4) is 0 Å². The molecule has 3 heteroatoms. The number of rotatable bonds is 1. The Morgan fingerprint density at radius 2 is 2.31 bits per heavy atom. The van der Waals surface area contributed by atoms with Crippen LogP contribution >= 0.6 is 0 Å². The number of likely N-dealkylation sites (tertiary alicyclic amines) is 1. The number of hydrogen-bond acceptors (Lipinski definition) is 3. The second-order valence-electron chi connectivity index (χ2n) is 4.35. The summed E-state index contributed by atoms with van der Waals surface area (Å²) in [5, 5.41) is 3.39. The van der Waals surface area contributed by atoms with E-state index in [9.17, 15) is 4.79 Å². The molecule has 1 N–H and O–H groups in total. The maximum Gasteiger partial charge on any atom is 0.146 e. The highest BCUT2D eigenvalue weighted by Crippen LogP contribution is 2.32. The summed E-state index contributed by atoms with van der Waals surface area (Å²) in [4.78, 5) is 13.6. The number of ketones is 1. The molecule has 0 spiro atoms. The second kappa shape index (κ2) is 3.39. The molecule has 0 aromatic carbocycles. The van der Waals surface area contributed by atoms with Crippen LogP contribution in [-0.2, 0) is 4.79 Å². The van der Waals surface area contributed by atoms with Crippen LogP contribution in [0.15, 0.2) is 0 Å². The zero-order valence-electron chi connectivity index (χ0n) is 8.42. The van der Waals surface area contributed by atoms with E-state index in [1.165, 1.54) is 6.42 Å². The van der Waals surface area contributed by atoms with Gasteiger partial charge in [-0.25, -0.2) is 0 Å². The van der Waals surface area contributed by atoms with Crippen molar-refractivity contribution in [2.45, 2.75) is 31.8 Å². The van der Waals surface area contributed by atoms with Gasteiger partial charge in [0.1, 0.15) is 5.78 Å². The molecule has 0 bridgehead atoms. The molecule has 0 aromatic heterocycles. The van der Waals surface area contributed by atoms with E-state index in [1.807, 2.05) is 0 Å². The Morgan fingerprint density at radius 1 is 1.54 bits per heavy atom. The molecule has 0 aromatic rings. The third-order valence-electron chi connectivity index (χ3n) is 3.60. The van der Waals surface area contributed by atoms with Gasteiger partial charge in [-0.05, 0) is 39.3 Å². The van der Waals surface area contributed by atoms with Crippen molar-refractivity contribution in [3.63, 3.8) is 0 Å². The van der Waals surface area contributed by atoms with Crippen LogP contribution in [0.25, 0.3) is 0 Å². The molecule has 0 aliphatic carbocycles. The van der Waals surface area contributed by atoms with Crippen LogP contribution in [0.4, 0.5) is 0 Å². The van der Waals surface area contributed by atoms with Crippen molar-refractivity contribution in [2.24, 2.45) is 5.92 Å². The predicted molar refractivity (Wildman–Crippen MR) is 51.6 cm³/mol. The van der Waals surface area contributed by atoms with Crippen molar-refractivity contribution < 1.29 is 4.79 Å². The molecule has 0 saturated carbocycles. The molecule has 3 nitrogen and oxygen atoms in total. The SMILES string of the molecule is CC(=O)C1CC2CCNCC2N1C. The molecule has 0 amide bonds. The fourth-order valence-corrected chi connectivity index (χ4v) is 2.78. The van der Waals surface area contributed by atoms with Crippen LogP contribution < -0.4 is 5.32 Å². The zero-order chi connectivity index (χ0) is 9.42.